The molecule has 1 N–H and O–H groups in total. The first-order valence-corrected chi connectivity index (χ1v) is 8.57. The monoisotopic (exact) mass is 286 g/mol. The van der Waals surface area contributed by atoms with Crippen LogP contribution < -0.4 is 5.32 Å². The van der Waals surface area contributed by atoms with E-state index in [2.05, 4.69) is 53.3 Å². The molecule has 3 rings (SSSR count). The molecule has 3 heteroatoms. The first-order chi connectivity index (χ1) is 9.84. The summed E-state index contributed by atoms with van der Waals surface area (Å²) in [6, 6.07) is 11.3. The third-order valence-electron chi connectivity index (χ3n) is 4.12. The number of fused-ring (bicyclic) bond motifs is 1. The topological polar surface area (TPSA) is 24.9 Å². The van der Waals surface area contributed by atoms with Crippen molar-refractivity contribution in [2.45, 2.75) is 37.5 Å². The van der Waals surface area contributed by atoms with Gasteiger partial charge in [-0.1, -0.05) is 31.2 Å². The first kappa shape index (κ1) is 13.9. The zero-order chi connectivity index (χ0) is 13.8. The molecule has 0 aliphatic carbocycles. The van der Waals surface area contributed by atoms with Gasteiger partial charge in [-0.25, -0.2) is 0 Å². The highest BCUT2D eigenvalue weighted by atomic mass is 32.2. The van der Waals surface area contributed by atoms with E-state index in [1.165, 1.54) is 29.5 Å². The van der Waals surface area contributed by atoms with Crippen molar-refractivity contribution >= 4 is 22.7 Å². The summed E-state index contributed by atoms with van der Waals surface area (Å²) in [6.45, 7) is 3.40. The molecule has 1 aliphatic heterocycles. The SMILES string of the molecule is CC1SCCCC1NCCc1cccc2cccnc12. The average Bonchev–Trinajstić information content (AvgIpc) is 2.49. The van der Waals surface area contributed by atoms with Gasteiger partial charge in [-0.15, -0.1) is 0 Å². The molecular formula is C17H22N2S. The number of thioether (sulfide) groups is 1. The Hall–Kier alpha value is -1.06. The molecule has 1 aromatic heterocycles. The predicted octanol–water partition coefficient (Wildman–Crippen LogP) is 3.65. The molecule has 0 bridgehead atoms. The van der Waals surface area contributed by atoms with Gasteiger partial charge >= 0.3 is 0 Å². The van der Waals surface area contributed by atoms with E-state index in [1.54, 1.807) is 0 Å². The Morgan fingerprint density at radius 1 is 1.30 bits per heavy atom. The molecule has 1 fully saturated rings. The summed E-state index contributed by atoms with van der Waals surface area (Å²) in [5.41, 5.74) is 2.51. The lowest BCUT2D eigenvalue weighted by molar-refractivity contribution is 0.466. The highest BCUT2D eigenvalue weighted by Gasteiger charge is 2.20. The maximum absolute atomic E-state index is 4.53. The zero-order valence-corrected chi connectivity index (χ0v) is 12.8. The Morgan fingerprint density at radius 3 is 3.10 bits per heavy atom. The van der Waals surface area contributed by atoms with Crippen molar-refractivity contribution in [1.29, 1.82) is 0 Å². The van der Waals surface area contributed by atoms with E-state index in [9.17, 15) is 0 Å². The van der Waals surface area contributed by atoms with Crippen LogP contribution in [0.1, 0.15) is 25.3 Å². The molecule has 1 aliphatic rings. The van der Waals surface area contributed by atoms with Crippen LogP contribution >= 0.6 is 11.8 Å². The quantitative estimate of drug-likeness (QED) is 0.928. The molecule has 2 heterocycles. The summed E-state index contributed by atoms with van der Waals surface area (Å²) in [6.07, 6.45) is 5.62. The van der Waals surface area contributed by atoms with Crippen LogP contribution in [0.2, 0.25) is 0 Å². The lowest BCUT2D eigenvalue weighted by Crippen LogP contribution is -2.40. The van der Waals surface area contributed by atoms with Crippen molar-refractivity contribution in [3.8, 4) is 0 Å². The second-order valence-corrected chi connectivity index (χ2v) is 7.01. The molecule has 1 aromatic carbocycles. The minimum Gasteiger partial charge on any atom is -0.313 e. The standard InChI is InChI=1S/C17H22N2S/c1-13-16(8-4-12-20-13)18-11-9-15-6-2-5-14-7-3-10-19-17(14)15/h2-3,5-7,10,13,16,18H,4,8-9,11-12H2,1H3. The number of hydrogen-bond acceptors (Lipinski definition) is 3. The second kappa shape index (κ2) is 6.59. The molecular weight excluding hydrogens is 264 g/mol. The third-order valence-corrected chi connectivity index (χ3v) is 5.50. The largest absolute Gasteiger partial charge is 0.313 e. The van der Waals surface area contributed by atoms with E-state index in [1.807, 2.05) is 12.3 Å². The number of para-hydroxylation sites is 1. The Morgan fingerprint density at radius 2 is 2.20 bits per heavy atom. The Kier molecular flexibility index (Phi) is 4.58. The fraction of sp³-hybridized carbons (Fsp3) is 0.471. The van der Waals surface area contributed by atoms with Gasteiger partial charge in [-0.05, 0) is 43.2 Å². The number of benzene rings is 1. The summed E-state index contributed by atoms with van der Waals surface area (Å²) in [5, 5.41) is 5.72. The number of pyridine rings is 1. The first-order valence-electron chi connectivity index (χ1n) is 7.52. The van der Waals surface area contributed by atoms with E-state index >= 15 is 0 Å². The van der Waals surface area contributed by atoms with Crippen LogP contribution in [0.25, 0.3) is 10.9 Å². The van der Waals surface area contributed by atoms with Crippen molar-refractivity contribution in [3.63, 3.8) is 0 Å². The fourth-order valence-electron chi connectivity index (χ4n) is 2.95. The Labute approximate surface area is 125 Å². The van der Waals surface area contributed by atoms with Crippen LogP contribution in [0.15, 0.2) is 36.5 Å². The minimum absolute atomic E-state index is 0.677. The van der Waals surface area contributed by atoms with Gasteiger partial charge in [0.25, 0.3) is 0 Å². The molecule has 2 nitrogen and oxygen atoms in total. The number of nitrogens with one attached hydrogen (secondary N) is 1. The molecule has 2 aromatic rings. The van der Waals surface area contributed by atoms with Gasteiger partial charge in [-0.2, -0.15) is 11.8 Å². The van der Waals surface area contributed by atoms with Gasteiger partial charge in [-0.3, -0.25) is 4.98 Å². The smallest absolute Gasteiger partial charge is 0.0734 e. The Balaban J connectivity index is 1.62. The van der Waals surface area contributed by atoms with Crippen molar-refractivity contribution in [3.05, 3.63) is 42.1 Å². The highest BCUT2D eigenvalue weighted by molar-refractivity contribution is 7.99. The average molecular weight is 286 g/mol. The van der Waals surface area contributed by atoms with Crippen LogP contribution in [-0.4, -0.2) is 28.6 Å². The van der Waals surface area contributed by atoms with Crippen molar-refractivity contribution in [1.82, 2.24) is 10.3 Å². The lowest BCUT2D eigenvalue weighted by atomic mass is 10.1. The predicted molar refractivity (Wildman–Crippen MR) is 88.4 cm³/mol. The van der Waals surface area contributed by atoms with Gasteiger partial charge in [0, 0.05) is 22.9 Å². The van der Waals surface area contributed by atoms with E-state index < -0.39 is 0 Å². The van der Waals surface area contributed by atoms with E-state index in [-0.39, 0.29) is 0 Å². The lowest BCUT2D eigenvalue weighted by Gasteiger charge is -2.29. The van der Waals surface area contributed by atoms with Crippen LogP contribution in [0.5, 0.6) is 0 Å². The zero-order valence-electron chi connectivity index (χ0n) is 12.0. The van der Waals surface area contributed by atoms with Gasteiger partial charge in [0.1, 0.15) is 0 Å². The van der Waals surface area contributed by atoms with Gasteiger partial charge in [0.15, 0.2) is 0 Å². The number of nitrogens with zero attached hydrogens (tertiary/aromatic N) is 1. The maximum atomic E-state index is 4.53. The summed E-state index contributed by atoms with van der Waals surface area (Å²) in [5.74, 6) is 1.33. The number of rotatable bonds is 4. The molecule has 0 radical (unpaired) electrons. The molecule has 1 saturated heterocycles. The number of hydrogen-bond donors (Lipinski definition) is 1. The van der Waals surface area contributed by atoms with E-state index in [4.69, 9.17) is 0 Å². The molecule has 106 valence electrons. The molecule has 20 heavy (non-hydrogen) atoms. The minimum atomic E-state index is 0.677. The Bertz CT molecular complexity index is 564. The van der Waals surface area contributed by atoms with Crippen molar-refractivity contribution in [2.75, 3.05) is 12.3 Å². The van der Waals surface area contributed by atoms with E-state index in [0.29, 0.717) is 6.04 Å². The van der Waals surface area contributed by atoms with Gasteiger partial charge in [0.2, 0.25) is 0 Å². The molecule has 0 saturated carbocycles. The van der Waals surface area contributed by atoms with Gasteiger partial charge < -0.3 is 5.32 Å². The van der Waals surface area contributed by atoms with Crippen LogP contribution in [-0.2, 0) is 6.42 Å². The molecule has 2 atom stereocenters. The van der Waals surface area contributed by atoms with Crippen molar-refractivity contribution < 1.29 is 0 Å². The maximum Gasteiger partial charge on any atom is 0.0734 e. The summed E-state index contributed by atoms with van der Waals surface area (Å²) < 4.78 is 0. The summed E-state index contributed by atoms with van der Waals surface area (Å²) in [7, 11) is 0. The normalized spacial score (nSPS) is 23.1. The highest BCUT2D eigenvalue weighted by Crippen LogP contribution is 2.25. The molecule has 0 amide bonds. The van der Waals surface area contributed by atoms with E-state index in [0.717, 1.165) is 23.7 Å². The van der Waals surface area contributed by atoms with Crippen molar-refractivity contribution in [2.24, 2.45) is 0 Å². The van der Waals surface area contributed by atoms with Crippen LogP contribution in [0.3, 0.4) is 0 Å². The molecule has 2 unspecified atom stereocenters. The third kappa shape index (κ3) is 3.15. The van der Waals surface area contributed by atoms with Crippen LogP contribution in [0, 0.1) is 0 Å². The molecule has 0 spiro atoms. The summed E-state index contributed by atoms with van der Waals surface area (Å²) in [4.78, 5) is 4.53. The summed E-state index contributed by atoms with van der Waals surface area (Å²) >= 11 is 2.10. The van der Waals surface area contributed by atoms with Gasteiger partial charge in [0.05, 0.1) is 5.52 Å². The van der Waals surface area contributed by atoms with Crippen LogP contribution in [0.4, 0.5) is 0 Å². The fourth-order valence-corrected chi connectivity index (χ4v) is 4.12. The second-order valence-electron chi connectivity index (χ2n) is 5.52. The number of aromatic nitrogens is 1.